The lowest BCUT2D eigenvalue weighted by Crippen LogP contribution is -2.46. The summed E-state index contributed by atoms with van der Waals surface area (Å²) in [5.74, 6) is -1.74. The number of hydrogen-bond donors (Lipinski definition) is 3. The molecule has 3 heterocycles. The van der Waals surface area contributed by atoms with Crippen molar-refractivity contribution >= 4 is 16.9 Å². The van der Waals surface area contributed by atoms with Gasteiger partial charge < -0.3 is 19.8 Å². The second kappa shape index (κ2) is 12.2. The third-order valence-corrected chi connectivity index (χ3v) is 8.74. The van der Waals surface area contributed by atoms with Crippen LogP contribution in [-0.2, 0) is 16.6 Å². The number of fused-ring (bicyclic) bond motifs is 1. The summed E-state index contributed by atoms with van der Waals surface area (Å²) in [5.41, 5.74) is 2.67. The molecule has 0 unspecified atom stereocenters. The number of aliphatic carboxylic acids is 1. The minimum Gasteiger partial charge on any atom is -0.481 e. The predicted molar refractivity (Wildman–Crippen MR) is 162 cm³/mol. The van der Waals surface area contributed by atoms with E-state index in [1.54, 1.807) is 25.4 Å². The predicted octanol–water partition coefficient (Wildman–Crippen LogP) is 7.90. The van der Waals surface area contributed by atoms with Crippen molar-refractivity contribution in [1.29, 1.82) is 0 Å². The Balaban J connectivity index is 1.34. The molecule has 12 heteroatoms. The molecule has 3 N–H and O–H groups in total. The van der Waals surface area contributed by atoms with Crippen molar-refractivity contribution in [3.05, 3.63) is 101 Å². The molecule has 1 aliphatic heterocycles. The summed E-state index contributed by atoms with van der Waals surface area (Å²) in [6.07, 6.45) is -0.206. The van der Waals surface area contributed by atoms with Gasteiger partial charge >= 0.3 is 12.1 Å². The molecule has 0 saturated carbocycles. The molecule has 0 atom stereocenters. The number of nitrogens with zero attached hydrogens (tertiary/aromatic N) is 2. The lowest BCUT2D eigenvalue weighted by molar-refractivity contribution is -0.148. The molecule has 46 heavy (non-hydrogen) atoms. The number of carboxylic acid groups (broad SMARTS) is 1. The van der Waals surface area contributed by atoms with E-state index in [0.717, 1.165) is 16.5 Å². The molecule has 1 aliphatic rings. The second-order valence-corrected chi connectivity index (χ2v) is 11.7. The van der Waals surface area contributed by atoms with E-state index in [1.807, 2.05) is 24.3 Å². The number of carboxylic acids is 1. The average Bonchev–Trinajstić information content (AvgIpc) is 3.70. The number of rotatable bonds is 9. The topological polar surface area (TPSA) is 94.2 Å². The van der Waals surface area contributed by atoms with Crippen molar-refractivity contribution in [3.63, 3.8) is 0 Å². The molecule has 0 bridgehead atoms. The number of aromatic nitrogens is 3. The van der Waals surface area contributed by atoms with E-state index in [9.17, 15) is 22.4 Å². The molecule has 0 spiro atoms. The molecule has 0 radical (unpaired) electrons. The van der Waals surface area contributed by atoms with E-state index >= 15 is 4.39 Å². The van der Waals surface area contributed by atoms with Crippen molar-refractivity contribution in [2.45, 2.75) is 44.2 Å². The summed E-state index contributed by atoms with van der Waals surface area (Å²) in [7, 11) is 0. The van der Waals surface area contributed by atoms with Crippen molar-refractivity contribution in [2.24, 2.45) is 0 Å². The summed E-state index contributed by atoms with van der Waals surface area (Å²) in [5, 5.41) is 9.95. The lowest BCUT2D eigenvalue weighted by atomic mass is 9.70. The largest absolute Gasteiger partial charge is 0.481 e. The van der Waals surface area contributed by atoms with Gasteiger partial charge in [-0.1, -0.05) is 24.3 Å². The van der Waals surface area contributed by atoms with Gasteiger partial charge in [-0.2, -0.15) is 13.2 Å². The highest BCUT2D eigenvalue weighted by molar-refractivity contribution is 5.85. The van der Waals surface area contributed by atoms with Crippen LogP contribution < -0.4 is 4.74 Å². The molecular weight excluding hydrogens is 607 g/mol. The Hall–Kier alpha value is -4.71. The third kappa shape index (κ3) is 6.34. The van der Waals surface area contributed by atoms with Crippen molar-refractivity contribution in [1.82, 2.24) is 19.9 Å². The Kier molecular flexibility index (Phi) is 8.32. The number of nitrogens with one attached hydrogen (secondary N) is 2. The van der Waals surface area contributed by atoms with Gasteiger partial charge in [-0.05, 0) is 74.7 Å². The Bertz CT molecular complexity index is 1890. The van der Waals surface area contributed by atoms with Crippen molar-refractivity contribution < 1.29 is 36.6 Å². The summed E-state index contributed by atoms with van der Waals surface area (Å²) in [6, 6.07) is 14.5. The van der Waals surface area contributed by atoms with Crippen molar-refractivity contribution in [3.8, 4) is 22.9 Å². The number of halogens is 5. The number of hydrogen-bond acceptors (Lipinski definition) is 4. The van der Waals surface area contributed by atoms with Crippen LogP contribution in [0.1, 0.15) is 41.6 Å². The Labute approximate surface area is 261 Å². The van der Waals surface area contributed by atoms with Gasteiger partial charge in [0.15, 0.2) is 11.6 Å². The second-order valence-electron chi connectivity index (χ2n) is 11.7. The fourth-order valence-electron chi connectivity index (χ4n) is 6.35. The van der Waals surface area contributed by atoms with Crippen LogP contribution in [0.2, 0.25) is 0 Å². The Morgan fingerprint density at radius 1 is 1.07 bits per heavy atom. The lowest BCUT2D eigenvalue weighted by Gasteiger charge is -2.42. The van der Waals surface area contributed by atoms with Crippen LogP contribution in [0.25, 0.3) is 22.3 Å². The van der Waals surface area contributed by atoms with Gasteiger partial charge in [0.05, 0.1) is 12.1 Å². The molecule has 0 aliphatic carbocycles. The SMILES string of the molecule is Cc1c(Oc2ccc(F)c(-c3ncc(C4(c5cccc(CCC(=O)O)c5)CCN(CC(F)(F)F)CC4)[nH]3)c2)c(F)cc2[nH]ccc12. The first-order chi connectivity index (χ1) is 21.9. The highest BCUT2D eigenvalue weighted by Crippen LogP contribution is 2.43. The van der Waals surface area contributed by atoms with E-state index in [2.05, 4.69) is 15.0 Å². The number of ether oxygens (including phenoxy) is 1. The molecule has 5 aromatic rings. The number of benzene rings is 3. The molecule has 0 amide bonds. The van der Waals surface area contributed by atoms with Crippen LogP contribution in [-0.4, -0.2) is 56.7 Å². The first kappa shape index (κ1) is 31.3. The van der Waals surface area contributed by atoms with Crippen LogP contribution in [0.3, 0.4) is 0 Å². The number of alkyl halides is 3. The molecular formula is C34H31F5N4O3. The molecule has 3 aromatic carbocycles. The van der Waals surface area contributed by atoms with Gasteiger partial charge in [-0.25, -0.2) is 13.8 Å². The van der Waals surface area contributed by atoms with Gasteiger partial charge in [0, 0.05) is 52.5 Å². The number of aromatic amines is 2. The molecule has 240 valence electrons. The smallest absolute Gasteiger partial charge is 0.401 e. The van der Waals surface area contributed by atoms with E-state index in [4.69, 9.17) is 9.84 Å². The van der Waals surface area contributed by atoms with Gasteiger partial charge in [-0.15, -0.1) is 0 Å². The zero-order chi connectivity index (χ0) is 32.6. The van der Waals surface area contributed by atoms with E-state index in [-0.39, 0.29) is 42.4 Å². The number of likely N-dealkylation sites (tertiary alicyclic amines) is 1. The molecule has 1 saturated heterocycles. The average molecular weight is 639 g/mol. The summed E-state index contributed by atoms with van der Waals surface area (Å²) in [4.78, 5) is 23.2. The quantitative estimate of drug-likeness (QED) is 0.143. The fraction of sp³-hybridized carbons (Fsp3) is 0.294. The van der Waals surface area contributed by atoms with Crippen LogP contribution in [0, 0.1) is 18.6 Å². The molecule has 6 rings (SSSR count). The van der Waals surface area contributed by atoms with E-state index in [0.29, 0.717) is 36.0 Å². The minimum atomic E-state index is -4.34. The standard InChI is InChI=1S/C34H31F5N4O3/c1-20-24-9-12-40-28(24)17-27(36)31(20)46-23-6-7-26(35)25(16-23)32-41-18-29(42-32)33(10-13-43(14-11-33)19-34(37,38)39)22-4-2-3-21(15-22)5-8-30(44)45/h2-4,6-7,9,12,15-18,40H,5,8,10-11,13-14,19H2,1H3,(H,41,42)(H,44,45). The number of piperidine rings is 1. The number of imidazole rings is 1. The van der Waals surface area contributed by atoms with Crippen LogP contribution >= 0.6 is 0 Å². The highest BCUT2D eigenvalue weighted by atomic mass is 19.4. The molecule has 1 fully saturated rings. The van der Waals surface area contributed by atoms with Crippen LogP contribution in [0.4, 0.5) is 22.0 Å². The highest BCUT2D eigenvalue weighted by Gasteiger charge is 2.42. The van der Waals surface area contributed by atoms with Gasteiger partial charge in [0.2, 0.25) is 0 Å². The number of H-pyrrole nitrogens is 2. The first-order valence-corrected chi connectivity index (χ1v) is 14.8. The minimum absolute atomic E-state index is 0.0112. The maximum absolute atomic E-state index is 15.2. The third-order valence-electron chi connectivity index (χ3n) is 8.74. The number of carbonyl (C=O) groups is 1. The monoisotopic (exact) mass is 638 g/mol. The number of aryl methyl sites for hydroxylation is 2. The Morgan fingerprint density at radius 3 is 2.59 bits per heavy atom. The molecule has 7 nitrogen and oxygen atoms in total. The van der Waals surface area contributed by atoms with Gasteiger partial charge in [0.25, 0.3) is 0 Å². The normalized spacial score (nSPS) is 15.3. The van der Waals surface area contributed by atoms with Crippen molar-refractivity contribution in [2.75, 3.05) is 19.6 Å². The fourth-order valence-corrected chi connectivity index (χ4v) is 6.35. The summed E-state index contributed by atoms with van der Waals surface area (Å²) >= 11 is 0. The first-order valence-electron chi connectivity index (χ1n) is 14.8. The zero-order valence-corrected chi connectivity index (χ0v) is 24.8. The van der Waals surface area contributed by atoms with Gasteiger partial charge in [-0.3, -0.25) is 9.69 Å². The van der Waals surface area contributed by atoms with E-state index < -0.39 is 35.7 Å². The zero-order valence-electron chi connectivity index (χ0n) is 24.8. The van der Waals surface area contributed by atoms with Gasteiger partial charge in [0.1, 0.15) is 17.4 Å². The maximum Gasteiger partial charge on any atom is 0.401 e. The van der Waals surface area contributed by atoms with E-state index in [1.165, 1.54) is 29.2 Å². The maximum atomic E-state index is 15.2. The molecule has 2 aromatic heterocycles. The van der Waals surface area contributed by atoms with Crippen LogP contribution in [0.15, 0.2) is 67.0 Å². The van der Waals surface area contributed by atoms with Crippen LogP contribution in [0.5, 0.6) is 11.5 Å². The summed E-state index contributed by atoms with van der Waals surface area (Å²) < 4.78 is 75.7. The summed E-state index contributed by atoms with van der Waals surface area (Å²) in [6.45, 7) is 1.02. The Morgan fingerprint density at radius 2 is 1.85 bits per heavy atom.